The standard InChI is InChI=1S/C13H26N4O/c1-5-7-14-12(9-18-11(3)4)8-13-15-10-16-17(13)6-2/h10-12,14H,5-9H2,1-4H3. The van der Waals surface area contributed by atoms with Crippen LogP contribution >= 0.6 is 0 Å². The summed E-state index contributed by atoms with van der Waals surface area (Å²) < 4.78 is 7.64. The van der Waals surface area contributed by atoms with E-state index in [4.69, 9.17) is 4.74 Å². The van der Waals surface area contributed by atoms with Gasteiger partial charge in [-0.05, 0) is 33.7 Å². The molecule has 0 saturated heterocycles. The maximum absolute atomic E-state index is 5.70. The SMILES string of the molecule is CCCNC(COC(C)C)Cc1ncnn1CC. The molecule has 1 N–H and O–H groups in total. The normalized spacial score (nSPS) is 13.2. The first-order valence-corrected chi connectivity index (χ1v) is 6.89. The van der Waals surface area contributed by atoms with Gasteiger partial charge in [0.25, 0.3) is 0 Å². The maximum Gasteiger partial charge on any atom is 0.138 e. The van der Waals surface area contributed by atoms with Gasteiger partial charge in [0.1, 0.15) is 12.2 Å². The molecule has 0 fully saturated rings. The van der Waals surface area contributed by atoms with Gasteiger partial charge in [0.2, 0.25) is 0 Å². The Bertz CT molecular complexity index is 325. The monoisotopic (exact) mass is 254 g/mol. The Morgan fingerprint density at radius 3 is 2.78 bits per heavy atom. The fourth-order valence-corrected chi connectivity index (χ4v) is 1.78. The van der Waals surface area contributed by atoms with E-state index in [0.717, 1.165) is 31.8 Å². The Hall–Kier alpha value is -0.940. The quantitative estimate of drug-likeness (QED) is 0.728. The Morgan fingerprint density at radius 2 is 2.17 bits per heavy atom. The molecule has 1 unspecified atom stereocenters. The first-order valence-electron chi connectivity index (χ1n) is 6.89. The van der Waals surface area contributed by atoms with E-state index in [1.807, 2.05) is 4.68 Å². The summed E-state index contributed by atoms with van der Waals surface area (Å²) in [4.78, 5) is 4.32. The van der Waals surface area contributed by atoms with Gasteiger partial charge in [0, 0.05) is 19.0 Å². The molecular weight excluding hydrogens is 228 g/mol. The van der Waals surface area contributed by atoms with Crippen LogP contribution in [0.3, 0.4) is 0 Å². The molecule has 104 valence electrons. The van der Waals surface area contributed by atoms with Gasteiger partial charge in [-0.2, -0.15) is 5.10 Å². The number of nitrogens with one attached hydrogen (secondary N) is 1. The van der Waals surface area contributed by atoms with E-state index in [0.29, 0.717) is 12.6 Å². The van der Waals surface area contributed by atoms with Crippen LogP contribution in [-0.4, -0.2) is 40.1 Å². The summed E-state index contributed by atoms with van der Waals surface area (Å²) in [6, 6.07) is 0.307. The van der Waals surface area contributed by atoms with Gasteiger partial charge in [-0.15, -0.1) is 0 Å². The summed E-state index contributed by atoms with van der Waals surface area (Å²) in [5.74, 6) is 1.03. The summed E-state index contributed by atoms with van der Waals surface area (Å²) >= 11 is 0. The topological polar surface area (TPSA) is 52.0 Å². The van der Waals surface area contributed by atoms with Crippen molar-refractivity contribution in [1.29, 1.82) is 0 Å². The minimum Gasteiger partial charge on any atom is -0.377 e. The van der Waals surface area contributed by atoms with Crippen LogP contribution in [0.2, 0.25) is 0 Å². The maximum atomic E-state index is 5.70. The van der Waals surface area contributed by atoms with Crippen LogP contribution in [0.1, 0.15) is 39.9 Å². The summed E-state index contributed by atoms with van der Waals surface area (Å²) in [7, 11) is 0. The van der Waals surface area contributed by atoms with Crippen molar-refractivity contribution in [2.24, 2.45) is 0 Å². The molecule has 0 radical (unpaired) electrons. The summed E-state index contributed by atoms with van der Waals surface area (Å²) in [6.45, 7) is 11.0. The minimum atomic E-state index is 0.264. The molecule has 5 nitrogen and oxygen atoms in total. The average Bonchev–Trinajstić information content (AvgIpc) is 2.79. The highest BCUT2D eigenvalue weighted by molar-refractivity contribution is 4.89. The van der Waals surface area contributed by atoms with E-state index >= 15 is 0 Å². The van der Waals surface area contributed by atoms with E-state index in [9.17, 15) is 0 Å². The molecule has 0 aliphatic carbocycles. The molecule has 1 atom stereocenters. The molecule has 0 spiro atoms. The zero-order valence-corrected chi connectivity index (χ0v) is 12.0. The number of hydrogen-bond acceptors (Lipinski definition) is 4. The highest BCUT2D eigenvalue weighted by atomic mass is 16.5. The third kappa shape index (κ3) is 5.14. The van der Waals surface area contributed by atoms with E-state index in [2.05, 4.69) is 43.1 Å². The number of aryl methyl sites for hydroxylation is 1. The lowest BCUT2D eigenvalue weighted by atomic mass is 10.2. The van der Waals surface area contributed by atoms with Gasteiger partial charge in [-0.25, -0.2) is 4.98 Å². The highest BCUT2D eigenvalue weighted by Gasteiger charge is 2.13. The minimum absolute atomic E-state index is 0.264. The van der Waals surface area contributed by atoms with Crippen LogP contribution in [-0.2, 0) is 17.7 Å². The second-order valence-electron chi connectivity index (χ2n) is 4.73. The fraction of sp³-hybridized carbons (Fsp3) is 0.846. The molecule has 0 saturated carbocycles. The van der Waals surface area contributed by atoms with Crippen molar-refractivity contribution in [2.45, 2.75) is 59.2 Å². The zero-order chi connectivity index (χ0) is 13.4. The molecule has 18 heavy (non-hydrogen) atoms. The Kier molecular flexibility index (Phi) is 6.90. The van der Waals surface area contributed by atoms with Gasteiger partial charge in [0.15, 0.2) is 0 Å². The molecule has 0 bridgehead atoms. The first-order chi connectivity index (χ1) is 8.67. The lowest BCUT2D eigenvalue weighted by Crippen LogP contribution is -2.37. The smallest absolute Gasteiger partial charge is 0.138 e. The van der Waals surface area contributed by atoms with Crippen molar-refractivity contribution >= 4 is 0 Å². The Labute approximate surface area is 110 Å². The van der Waals surface area contributed by atoms with Crippen LogP contribution in [0.15, 0.2) is 6.33 Å². The zero-order valence-electron chi connectivity index (χ0n) is 12.0. The number of rotatable bonds is 9. The van der Waals surface area contributed by atoms with Crippen LogP contribution in [0.4, 0.5) is 0 Å². The number of nitrogens with zero attached hydrogens (tertiary/aromatic N) is 3. The molecule has 1 aromatic heterocycles. The second kappa shape index (κ2) is 8.21. The predicted molar refractivity (Wildman–Crippen MR) is 72.6 cm³/mol. The highest BCUT2D eigenvalue weighted by Crippen LogP contribution is 2.02. The van der Waals surface area contributed by atoms with Crippen LogP contribution in [0.25, 0.3) is 0 Å². The third-order valence-electron chi connectivity index (χ3n) is 2.74. The number of ether oxygens (including phenoxy) is 1. The van der Waals surface area contributed by atoms with Crippen LogP contribution in [0.5, 0.6) is 0 Å². The molecule has 0 aromatic carbocycles. The van der Waals surface area contributed by atoms with Gasteiger partial charge >= 0.3 is 0 Å². The van der Waals surface area contributed by atoms with Gasteiger partial charge < -0.3 is 10.1 Å². The van der Waals surface area contributed by atoms with E-state index in [1.165, 1.54) is 0 Å². The second-order valence-corrected chi connectivity index (χ2v) is 4.73. The van der Waals surface area contributed by atoms with Crippen LogP contribution in [0, 0.1) is 0 Å². The molecule has 1 aromatic rings. The fourth-order valence-electron chi connectivity index (χ4n) is 1.78. The summed E-state index contributed by atoms with van der Waals surface area (Å²) in [5, 5.41) is 7.71. The van der Waals surface area contributed by atoms with E-state index in [-0.39, 0.29) is 6.10 Å². The number of hydrogen-bond donors (Lipinski definition) is 1. The van der Waals surface area contributed by atoms with Crippen LogP contribution < -0.4 is 5.32 Å². The number of aromatic nitrogens is 3. The van der Waals surface area contributed by atoms with Crippen molar-refractivity contribution in [3.8, 4) is 0 Å². The van der Waals surface area contributed by atoms with Crippen molar-refractivity contribution in [1.82, 2.24) is 20.1 Å². The van der Waals surface area contributed by atoms with Crippen molar-refractivity contribution < 1.29 is 4.74 Å². The van der Waals surface area contributed by atoms with E-state index in [1.54, 1.807) is 6.33 Å². The van der Waals surface area contributed by atoms with Gasteiger partial charge in [-0.1, -0.05) is 6.92 Å². The van der Waals surface area contributed by atoms with Gasteiger partial charge in [0.05, 0.1) is 12.7 Å². The van der Waals surface area contributed by atoms with Crippen molar-refractivity contribution in [2.75, 3.05) is 13.2 Å². The summed E-state index contributed by atoms with van der Waals surface area (Å²) in [5.41, 5.74) is 0. The van der Waals surface area contributed by atoms with E-state index < -0.39 is 0 Å². The Balaban J connectivity index is 2.53. The molecule has 0 aliphatic rings. The Morgan fingerprint density at radius 1 is 1.39 bits per heavy atom. The lowest BCUT2D eigenvalue weighted by Gasteiger charge is -2.19. The molecule has 5 heteroatoms. The average molecular weight is 254 g/mol. The largest absolute Gasteiger partial charge is 0.377 e. The molecule has 0 amide bonds. The molecule has 0 aliphatic heterocycles. The van der Waals surface area contributed by atoms with Crippen molar-refractivity contribution in [3.05, 3.63) is 12.2 Å². The summed E-state index contributed by atoms with van der Waals surface area (Å²) in [6.07, 6.45) is 3.87. The first kappa shape index (κ1) is 15.1. The molecular formula is C13H26N4O. The van der Waals surface area contributed by atoms with Gasteiger partial charge in [-0.3, -0.25) is 4.68 Å². The molecule has 1 heterocycles. The van der Waals surface area contributed by atoms with Crippen molar-refractivity contribution in [3.63, 3.8) is 0 Å². The third-order valence-corrected chi connectivity index (χ3v) is 2.74. The predicted octanol–water partition coefficient (Wildman–Crippen LogP) is 1.63. The lowest BCUT2D eigenvalue weighted by molar-refractivity contribution is 0.0607. The molecule has 1 rings (SSSR count).